The molecule has 1 N–H and O–H groups in total. The van der Waals surface area contributed by atoms with Crippen molar-refractivity contribution in [2.45, 2.75) is 12.3 Å². The molecular weight excluding hydrogens is 242 g/mol. The van der Waals surface area contributed by atoms with Crippen molar-refractivity contribution in [1.29, 1.82) is 0 Å². The molecule has 1 aromatic rings. The minimum Gasteiger partial charge on any atom is -0.396 e. The molecule has 2 aliphatic heterocycles. The Morgan fingerprint density at radius 3 is 2.63 bits per heavy atom. The smallest absolute Gasteiger partial charge is 0.253 e. The lowest BCUT2D eigenvalue weighted by molar-refractivity contribution is 0.0362. The Morgan fingerprint density at radius 1 is 1.32 bits per heavy atom. The molecule has 2 heterocycles. The summed E-state index contributed by atoms with van der Waals surface area (Å²) in [5, 5.41) is 8.96. The maximum absolute atomic E-state index is 12.1. The van der Waals surface area contributed by atoms with Gasteiger partial charge in [0.2, 0.25) is 0 Å². The molecular formula is C15H19NO3. The molecule has 0 bridgehead atoms. The molecule has 1 amide bonds. The van der Waals surface area contributed by atoms with Crippen LogP contribution in [0.3, 0.4) is 0 Å². The second-order valence-corrected chi connectivity index (χ2v) is 5.44. The Hall–Kier alpha value is -1.39. The van der Waals surface area contributed by atoms with Crippen molar-refractivity contribution < 1.29 is 14.6 Å². The monoisotopic (exact) mass is 261 g/mol. The lowest BCUT2D eigenvalue weighted by Gasteiger charge is -2.38. The summed E-state index contributed by atoms with van der Waals surface area (Å²) < 4.78 is 5.38. The van der Waals surface area contributed by atoms with Crippen molar-refractivity contribution in [3.63, 3.8) is 0 Å². The van der Waals surface area contributed by atoms with Gasteiger partial charge >= 0.3 is 0 Å². The summed E-state index contributed by atoms with van der Waals surface area (Å²) >= 11 is 0. The summed E-state index contributed by atoms with van der Waals surface area (Å²) in [4.78, 5) is 13.9. The predicted octanol–water partition coefficient (Wildman–Crippen LogP) is 1.25. The number of ether oxygens (including phenoxy) is 1. The van der Waals surface area contributed by atoms with Crippen molar-refractivity contribution in [3.05, 3.63) is 35.4 Å². The number of amides is 1. The molecule has 0 saturated carbocycles. The third-order valence-electron chi connectivity index (χ3n) is 4.06. The van der Waals surface area contributed by atoms with Crippen LogP contribution in [0.1, 0.15) is 28.3 Å². The summed E-state index contributed by atoms with van der Waals surface area (Å²) in [6.07, 6.45) is 1.07. The zero-order valence-corrected chi connectivity index (χ0v) is 10.9. The van der Waals surface area contributed by atoms with Crippen LogP contribution in [0.4, 0.5) is 0 Å². The normalized spacial score (nSPS) is 23.4. The van der Waals surface area contributed by atoms with Crippen LogP contribution in [-0.2, 0) is 4.74 Å². The van der Waals surface area contributed by atoms with E-state index in [2.05, 4.69) is 0 Å². The van der Waals surface area contributed by atoms with Crippen molar-refractivity contribution >= 4 is 5.91 Å². The molecule has 4 heteroatoms. The van der Waals surface area contributed by atoms with Crippen LogP contribution in [-0.4, -0.2) is 48.8 Å². The largest absolute Gasteiger partial charge is 0.396 e. The van der Waals surface area contributed by atoms with Gasteiger partial charge < -0.3 is 14.7 Å². The topological polar surface area (TPSA) is 49.8 Å². The Morgan fingerprint density at radius 2 is 2.05 bits per heavy atom. The van der Waals surface area contributed by atoms with Crippen molar-refractivity contribution in [3.8, 4) is 0 Å². The van der Waals surface area contributed by atoms with Crippen LogP contribution in [0.2, 0.25) is 0 Å². The molecule has 2 fully saturated rings. The molecule has 19 heavy (non-hydrogen) atoms. The summed E-state index contributed by atoms with van der Waals surface area (Å²) in [6.45, 7) is 3.14. The lowest BCUT2D eigenvalue weighted by atomic mass is 9.96. The first-order chi connectivity index (χ1) is 9.28. The summed E-state index contributed by atoms with van der Waals surface area (Å²) in [5.41, 5.74) is 1.99. The fourth-order valence-electron chi connectivity index (χ4n) is 2.73. The average Bonchev–Trinajstić information content (AvgIpc) is 2.91. The number of rotatable bonds is 3. The predicted molar refractivity (Wildman–Crippen MR) is 71.1 cm³/mol. The molecule has 2 saturated heterocycles. The zero-order valence-electron chi connectivity index (χ0n) is 10.9. The molecule has 2 aliphatic rings. The number of hydrogen-bond acceptors (Lipinski definition) is 3. The van der Waals surface area contributed by atoms with Crippen molar-refractivity contribution in [2.24, 2.45) is 5.92 Å². The zero-order chi connectivity index (χ0) is 13.2. The molecule has 0 aliphatic carbocycles. The molecule has 0 spiro atoms. The SMILES string of the molecule is O=C(c1ccc(C2CCOC2)cc1)N1CC(CO)C1. The first-order valence-corrected chi connectivity index (χ1v) is 6.86. The molecule has 4 nitrogen and oxygen atoms in total. The Balaban J connectivity index is 1.64. The van der Waals surface area contributed by atoms with E-state index in [1.807, 2.05) is 24.3 Å². The highest BCUT2D eigenvalue weighted by Gasteiger charge is 2.30. The van der Waals surface area contributed by atoms with E-state index < -0.39 is 0 Å². The second-order valence-electron chi connectivity index (χ2n) is 5.44. The van der Waals surface area contributed by atoms with Gasteiger partial charge in [-0.2, -0.15) is 0 Å². The number of aliphatic hydroxyl groups excluding tert-OH is 1. The molecule has 1 unspecified atom stereocenters. The highest BCUT2D eigenvalue weighted by atomic mass is 16.5. The van der Waals surface area contributed by atoms with E-state index in [0.29, 0.717) is 19.0 Å². The fourth-order valence-corrected chi connectivity index (χ4v) is 2.73. The van der Waals surface area contributed by atoms with Crippen LogP contribution in [0, 0.1) is 5.92 Å². The molecule has 102 valence electrons. The number of benzene rings is 1. The minimum absolute atomic E-state index is 0.0684. The molecule has 0 aromatic heterocycles. The first kappa shape index (κ1) is 12.6. The quantitative estimate of drug-likeness (QED) is 0.891. The third kappa shape index (κ3) is 2.51. The van der Waals surface area contributed by atoms with Crippen molar-refractivity contribution in [2.75, 3.05) is 32.9 Å². The minimum atomic E-state index is 0.0684. The van der Waals surface area contributed by atoms with Gasteiger partial charge in [0.1, 0.15) is 0 Å². The second kappa shape index (κ2) is 5.31. The fraction of sp³-hybridized carbons (Fsp3) is 0.533. The highest BCUT2D eigenvalue weighted by Crippen LogP contribution is 2.26. The summed E-state index contributed by atoms with van der Waals surface area (Å²) in [7, 11) is 0. The summed E-state index contributed by atoms with van der Waals surface area (Å²) in [6, 6.07) is 7.89. The van der Waals surface area contributed by atoms with Crippen LogP contribution in [0.15, 0.2) is 24.3 Å². The standard InChI is InChI=1S/C15H19NO3/c17-9-11-7-16(8-11)15(18)13-3-1-12(2-4-13)14-5-6-19-10-14/h1-4,11,14,17H,5-10H2. The average molecular weight is 261 g/mol. The van der Waals surface area contributed by atoms with E-state index in [0.717, 1.165) is 25.2 Å². The van der Waals surface area contributed by atoms with Crippen LogP contribution >= 0.6 is 0 Å². The molecule has 3 rings (SSSR count). The molecule has 0 radical (unpaired) electrons. The summed E-state index contributed by atoms with van der Waals surface area (Å²) in [5.74, 6) is 0.810. The number of nitrogens with zero attached hydrogens (tertiary/aromatic N) is 1. The van der Waals surface area contributed by atoms with Gasteiger partial charge in [-0.15, -0.1) is 0 Å². The van der Waals surface area contributed by atoms with Crippen molar-refractivity contribution in [1.82, 2.24) is 4.90 Å². The Kier molecular flexibility index (Phi) is 3.53. The molecule has 1 aromatic carbocycles. The molecule has 1 atom stereocenters. The maximum Gasteiger partial charge on any atom is 0.253 e. The highest BCUT2D eigenvalue weighted by molar-refractivity contribution is 5.94. The number of likely N-dealkylation sites (tertiary alicyclic amines) is 1. The number of carbonyl (C=O) groups excluding carboxylic acids is 1. The van der Waals surface area contributed by atoms with Gasteiger partial charge in [0.05, 0.1) is 6.61 Å². The number of aliphatic hydroxyl groups is 1. The van der Waals surface area contributed by atoms with E-state index in [9.17, 15) is 4.79 Å². The van der Waals surface area contributed by atoms with E-state index >= 15 is 0 Å². The van der Waals surface area contributed by atoms with Gasteiger partial charge in [0.15, 0.2) is 0 Å². The number of hydrogen-bond donors (Lipinski definition) is 1. The van der Waals surface area contributed by atoms with Gasteiger partial charge in [0.25, 0.3) is 5.91 Å². The van der Waals surface area contributed by atoms with E-state index in [1.165, 1.54) is 5.56 Å². The maximum atomic E-state index is 12.1. The lowest BCUT2D eigenvalue weighted by Crippen LogP contribution is -2.51. The Labute approximate surface area is 113 Å². The van der Waals surface area contributed by atoms with Gasteiger partial charge in [-0.3, -0.25) is 4.79 Å². The van der Waals surface area contributed by atoms with Gasteiger partial charge in [-0.1, -0.05) is 12.1 Å². The van der Waals surface area contributed by atoms with Gasteiger partial charge in [-0.05, 0) is 24.1 Å². The first-order valence-electron chi connectivity index (χ1n) is 6.86. The van der Waals surface area contributed by atoms with E-state index in [4.69, 9.17) is 9.84 Å². The Bertz CT molecular complexity index is 445. The number of carbonyl (C=O) groups is 1. The third-order valence-corrected chi connectivity index (χ3v) is 4.06. The van der Waals surface area contributed by atoms with Gasteiger partial charge in [0, 0.05) is 43.7 Å². The van der Waals surface area contributed by atoms with Gasteiger partial charge in [-0.25, -0.2) is 0 Å². The van der Waals surface area contributed by atoms with Crippen LogP contribution in [0.5, 0.6) is 0 Å². The van der Waals surface area contributed by atoms with E-state index in [1.54, 1.807) is 4.90 Å². The van der Waals surface area contributed by atoms with E-state index in [-0.39, 0.29) is 18.4 Å². The van der Waals surface area contributed by atoms with Crippen LogP contribution < -0.4 is 0 Å². The van der Waals surface area contributed by atoms with Crippen LogP contribution in [0.25, 0.3) is 0 Å².